The van der Waals surface area contributed by atoms with Crippen molar-refractivity contribution in [2.24, 2.45) is 0 Å². The molecule has 0 atom stereocenters. The zero-order valence-corrected chi connectivity index (χ0v) is 16.3. The lowest BCUT2D eigenvalue weighted by atomic mass is 9.93. The van der Waals surface area contributed by atoms with Crippen LogP contribution >= 0.6 is 0 Å². The molecule has 0 saturated carbocycles. The van der Waals surface area contributed by atoms with Crippen LogP contribution < -0.4 is 10.5 Å². The van der Waals surface area contributed by atoms with E-state index in [4.69, 9.17) is 0 Å². The normalized spacial score (nSPS) is 12.2. The van der Waals surface area contributed by atoms with Gasteiger partial charge in [-0.15, -0.1) is 0 Å². The van der Waals surface area contributed by atoms with Crippen LogP contribution in [-0.4, -0.2) is 42.9 Å². The molecular formula is C19H33NO3Si. The minimum atomic E-state index is -1.35. The summed E-state index contributed by atoms with van der Waals surface area (Å²) in [6.07, 6.45) is 4.92. The van der Waals surface area contributed by atoms with Crippen LogP contribution in [0.1, 0.15) is 39.0 Å². The van der Waals surface area contributed by atoms with E-state index in [2.05, 4.69) is 48.7 Å². The molecule has 0 aliphatic rings. The molecule has 1 amide bonds. The van der Waals surface area contributed by atoms with Crippen LogP contribution in [0.25, 0.3) is 0 Å². The van der Waals surface area contributed by atoms with Gasteiger partial charge in [0.2, 0.25) is 5.91 Å². The average Bonchev–Trinajstić information content (AvgIpc) is 2.57. The molecular weight excluding hydrogens is 318 g/mol. The predicted octanol–water partition coefficient (Wildman–Crippen LogP) is 2.41. The number of aliphatic hydroxyl groups excluding tert-OH is 2. The van der Waals surface area contributed by atoms with Crippen molar-refractivity contribution in [3.8, 4) is 0 Å². The number of benzene rings is 1. The number of carbonyl (C=O) groups is 1. The Labute approximate surface area is 147 Å². The Morgan fingerprint density at radius 1 is 1.04 bits per heavy atom. The fraction of sp³-hybridized carbons (Fsp3) is 0.632. The van der Waals surface area contributed by atoms with Crippen LogP contribution in [0.2, 0.25) is 19.1 Å². The van der Waals surface area contributed by atoms with Crippen molar-refractivity contribution in [2.75, 3.05) is 13.2 Å². The third-order valence-electron chi connectivity index (χ3n) is 4.81. The Bertz CT molecular complexity index is 487. The molecule has 1 rings (SSSR count). The zero-order valence-electron chi connectivity index (χ0n) is 15.3. The molecule has 5 heteroatoms. The van der Waals surface area contributed by atoms with Gasteiger partial charge >= 0.3 is 0 Å². The van der Waals surface area contributed by atoms with Crippen molar-refractivity contribution in [2.45, 2.75) is 63.7 Å². The predicted molar refractivity (Wildman–Crippen MR) is 102 cm³/mol. The average molecular weight is 352 g/mol. The summed E-state index contributed by atoms with van der Waals surface area (Å²) in [5, 5.41) is 23.2. The summed E-state index contributed by atoms with van der Waals surface area (Å²) in [5.41, 5.74) is -0.871. The number of carbonyl (C=O) groups excluding carboxylic acids is 1. The molecule has 1 aromatic rings. The van der Waals surface area contributed by atoms with Gasteiger partial charge in [-0.3, -0.25) is 4.79 Å². The second-order valence-electron chi connectivity index (χ2n) is 7.44. The highest BCUT2D eigenvalue weighted by Gasteiger charge is 2.29. The second-order valence-corrected chi connectivity index (χ2v) is 12.3. The third-order valence-corrected chi connectivity index (χ3v) is 8.31. The van der Waals surface area contributed by atoms with Gasteiger partial charge in [-0.1, -0.05) is 80.3 Å². The molecule has 136 valence electrons. The standard InChI is InChI=1S/C19H33NO3Si/c1-17(23)20-19(15-21,16-22)13-9-4-5-10-14-24(2,3)18-11-7-6-8-12-18/h6-8,11-12,21-22H,4-5,9-10,13-16H2,1-3H3,(H,20,23). The lowest BCUT2D eigenvalue weighted by Gasteiger charge is -2.30. The molecule has 0 bridgehead atoms. The monoisotopic (exact) mass is 351 g/mol. The van der Waals surface area contributed by atoms with Crippen LogP contribution in [0.5, 0.6) is 0 Å². The van der Waals surface area contributed by atoms with Gasteiger partial charge in [-0.2, -0.15) is 0 Å². The van der Waals surface area contributed by atoms with Crippen molar-refractivity contribution < 1.29 is 15.0 Å². The molecule has 0 aliphatic carbocycles. The number of amides is 1. The van der Waals surface area contributed by atoms with E-state index in [1.165, 1.54) is 24.6 Å². The highest BCUT2D eigenvalue weighted by molar-refractivity contribution is 6.89. The molecule has 0 fully saturated rings. The summed E-state index contributed by atoms with van der Waals surface area (Å²) in [7, 11) is -1.35. The smallest absolute Gasteiger partial charge is 0.217 e. The molecule has 0 unspecified atom stereocenters. The Hall–Kier alpha value is -1.17. The second kappa shape index (κ2) is 9.96. The summed E-state index contributed by atoms with van der Waals surface area (Å²) in [5.74, 6) is -0.214. The van der Waals surface area contributed by atoms with Crippen molar-refractivity contribution in [1.82, 2.24) is 5.32 Å². The van der Waals surface area contributed by atoms with Crippen LogP contribution in [0.4, 0.5) is 0 Å². The minimum Gasteiger partial charge on any atom is -0.394 e. The van der Waals surface area contributed by atoms with Gasteiger partial charge in [0, 0.05) is 6.92 Å². The lowest BCUT2D eigenvalue weighted by molar-refractivity contribution is -0.122. The fourth-order valence-corrected chi connectivity index (χ4v) is 5.66. The first-order valence-corrected chi connectivity index (χ1v) is 12.1. The third kappa shape index (κ3) is 6.75. The highest BCUT2D eigenvalue weighted by Crippen LogP contribution is 2.19. The van der Waals surface area contributed by atoms with Crippen LogP contribution in [0, 0.1) is 0 Å². The van der Waals surface area contributed by atoms with E-state index in [0.29, 0.717) is 6.42 Å². The first kappa shape index (κ1) is 20.9. The summed E-state index contributed by atoms with van der Waals surface area (Å²) >= 11 is 0. The minimum absolute atomic E-state index is 0.214. The molecule has 0 aromatic heterocycles. The summed E-state index contributed by atoms with van der Waals surface area (Å²) in [6, 6.07) is 12.1. The largest absolute Gasteiger partial charge is 0.394 e. The quantitative estimate of drug-likeness (QED) is 0.423. The zero-order chi connectivity index (χ0) is 18.1. The molecule has 0 heterocycles. The van der Waals surface area contributed by atoms with E-state index in [1.807, 2.05) is 0 Å². The molecule has 4 nitrogen and oxygen atoms in total. The summed E-state index contributed by atoms with van der Waals surface area (Å²) in [4.78, 5) is 11.2. The SMILES string of the molecule is CC(=O)NC(CO)(CO)CCCCCC[Si](C)(C)c1ccccc1. The number of unbranched alkanes of at least 4 members (excludes halogenated alkanes) is 3. The van der Waals surface area contributed by atoms with Crippen LogP contribution in [-0.2, 0) is 4.79 Å². The van der Waals surface area contributed by atoms with Gasteiger partial charge in [0.1, 0.15) is 0 Å². The molecule has 0 spiro atoms. The van der Waals surface area contributed by atoms with Gasteiger partial charge in [0.15, 0.2) is 0 Å². The number of nitrogens with one attached hydrogen (secondary N) is 1. The number of rotatable bonds is 11. The first-order valence-electron chi connectivity index (χ1n) is 8.91. The van der Waals surface area contributed by atoms with Crippen molar-refractivity contribution in [3.63, 3.8) is 0 Å². The fourth-order valence-electron chi connectivity index (χ4n) is 3.14. The first-order chi connectivity index (χ1) is 11.4. The van der Waals surface area contributed by atoms with E-state index < -0.39 is 13.6 Å². The van der Waals surface area contributed by atoms with Gasteiger partial charge in [-0.05, 0) is 6.42 Å². The van der Waals surface area contributed by atoms with Gasteiger partial charge in [0.25, 0.3) is 0 Å². The van der Waals surface area contributed by atoms with E-state index >= 15 is 0 Å². The Morgan fingerprint density at radius 2 is 1.62 bits per heavy atom. The topological polar surface area (TPSA) is 69.6 Å². The van der Waals surface area contributed by atoms with E-state index in [-0.39, 0.29) is 19.1 Å². The van der Waals surface area contributed by atoms with Crippen molar-refractivity contribution in [1.29, 1.82) is 0 Å². The number of hydrogen-bond donors (Lipinski definition) is 3. The maximum atomic E-state index is 11.2. The number of aliphatic hydroxyl groups is 2. The maximum absolute atomic E-state index is 11.2. The van der Waals surface area contributed by atoms with Crippen molar-refractivity contribution in [3.05, 3.63) is 30.3 Å². The van der Waals surface area contributed by atoms with E-state index in [9.17, 15) is 15.0 Å². The Kier molecular flexibility index (Phi) is 8.66. The van der Waals surface area contributed by atoms with Gasteiger partial charge in [0.05, 0.1) is 26.8 Å². The lowest BCUT2D eigenvalue weighted by Crippen LogP contribution is -2.53. The Balaban J connectivity index is 2.32. The van der Waals surface area contributed by atoms with E-state index in [0.717, 1.165) is 19.3 Å². The molecule has 0 saturated heterocycles. The maximum Gasteiger partial charge on any atom is 0.217 e. The van der Waals surface area contributed by atoms with Crippen LogP contribution in [0.3, 0.4) is 0 Å². The highest BCUT2D eigenvalue weighted by atomic mass is 28.3. The summed E-state index contributed by atoms with van der Waals surface area (Å²) < 4.78 is 0. The van der Waals surface area contributed by atoms with Crippen molar-refractivity contribution >= 4 is 19.2 Å². The van der Waals surface area contributed by atoms with Crippen LogP contribution in [0.15, 0.2) is 30.3 Å². The summed E-state index contributed by atoms with van der Waals surface area (Å²) in [6.45, 7) is 5.80. The number of hydrogen-bond acceptors (Lipinski definition) is 3. The molecule has 3 N–H and O–H groups in total. The van der Waals surface area contributed by atoms with E-state index in [1.54, 1.807) is 0 Å². The van der Waals surface area contributed by atoms with Gasteiger partial charge in [-0.25, -0.2) is 0 Å². The molecule has 0 radical (unpaired) electrons. The Morgan fingerprint density at radius 3 is 2.17 bits per heavy atom. The van der Waals surface area contributed by atoms with Gasteiger partial charge < -0.3 is 15.5 Å². The molecule has 24 heavy (non-hydrogen) atoms. The molecule has 0 aliphatic heterocycles. The molecule has 1 aromatic carbocycles.